The minimum atomic E-state index is -0.729. The van der Waals surface area contributed by atoms with Gasteiger partial charge in [0.05, 0.1) is 6.61 Å². The Balaban J connectivity index is 3.33. The summed E-state index contributed by atoms with van der Waals surface area (Å²) in [5.74, 6) is 9.52. The molecule has 0 aliphatic rings. The van der Waals surface area contributed by atoms with Crippen molar-refractivity contribution in [1.29, 1.82) is 0 Å². The van der Waals surface area contributed by atoms with Crippen LogP contribution in [0.25, 0.3) is 0 Å². The molecule has 0 fully saturated rings. The van der Waals surface area contributed by atoms with Crippen LogP contribution in [0.2, 0.25) is 0 Å². The maximum Gasteiger partial charge on any atom is 0.439 e. The largest absolute Gasteiger partial charge is 0.448 e. The topological polar surface area (TPSA) is 81.6 Å². The van der Waals surface area contributed by atoms with Crippen LogP contribution in [0.4, 0.5) is 4.79 Å². The molecule has 0 aromatic carbocycles. The van der Waals surface area contributed by atoms with E-state index < -0.39 is 6.09 Å². The van der Waals surface area contributed by atoms with E-state index in [-0.39, 0.29) is 6.61 Å². The number of carbonyl (C=O) groups is 1. The molecule has 4 N–H and O–H groups in total. The normalized spacial score (nSPS) is 8.38. The molecule has 0 rings (SSSR count). The van der Waals surface area contributed by atoms with Crippen LogP contribution in [-0.4, -0.2) is 17.8 Å². The van der Waals surface area contributed by atoms with E-state index in [1.54, 1.807) is 6.92 Å². The van der Waals surface area contributed by atoms with E-state index in [4.69, 9.17) is 11.7 Å². The fourth-order valence-corrected chi connectivity index (χ4v) is 0.198. The van der Waals surface area contributed by atoms with Crippen molar-refractivity contribution in [2.24, 2.45) is 11.7 Å². The predicted octanol–water partition coefficient (Wildman–Crippen LogP) is -0.808. The zero-order valence-electron chi connectivity index (χ0n) is 4.63. The minimum absolute atomic E-state index is 0.281. The van der Waals surface area contributed by atoms with E-state index in [9.17, 15) is 4.79 Å². The molecule has 0 spiro atoms. The summed E-state index contributed by atoms with van der Waals surface area (Å²) < 4.78 is 4.34. The van der Waals surface area contributed by atoms with E-state index >= 15 is 0 Å². The molecule has 5 nitrogen and oxygen atoms in total. The van der Waals surface area contributed by atoms with Crippen LogP contribution in [0.3, 0.4) is 0 Å². The Hall–Kier alpha value is -0.810. The summed E-state index contributed by atoms with van der Waals surface area (Å²) in [5.41, 5.74) is 0. The molecule has 48 valence electrons. The van der Waals surface area contributed by atoms with Crippen molar-refractivity contribution in [3.63, 3.8) is 0 Å². The first-order valence-electron chi connectivity index (χ1n) is 2.14. The smallest absolute Gasteiger partial charge is 0.439 e. The van der Waals surface area contributed by atoms with Gasteiger partial charge in [-0.1, -0.05) is 0 Å². The van der Waals surface area contributed by atoms with Crippen molar-refractivity contribution >= 4 is 6.09 Å². The monoisotopic (exact) mass is 119 g/mol. The van der Waals surface area contributed by atoms with E-state index in [0.717, 1.165) is 0 Å². The zero-order chi connectivity index (χ0) is 6.57. The molecule has 5 heteroatoms. The molecule has 0 saturated heterocycles. The Morgan fingerprint density at radius 1 is 1.75 bits per heavy atom. The lowest BCUT2D eigenvalue weighted by atomic mass is 10.9. The highest BCUT2D eigenvalue weighted by atomic mass is 16.6. The lowest BCUT2D eigenvalue weighted by Crippen LogP contribution is -2.43. The number of nitrogens with two attached hydrogens (primary N) is 2. The third-order valence-electron chi connectivity index (χ3n) is 0.479. The Labute approximate surface area is 47.1 Å². The van der Waals surface area contributed by atoms with Gasteiger partial charge in [0.1, 0.15) is 0 Å². The van der Waals surface area contributed by atoms with E-state index in [1.165, 1.54) is 0 Å². The SMILES string of the molecule is CCOC(=O)N(N)N. The predicted molar refractivity (Wildman–Crippen MR) is 27.2 cm³/mol. The number of amides is 1. The minimum Gasteiger partial charge on any atom is -0.448 e. The molecular weight excluding hydrogens is 110 g/mol. The van der Waals surface area contributed by atoms with Crippen molar-refractivity contribution < 1.29 is 9.53 Å². The van der Waals surface area contributed by atoms with Gasteiger partial charge in [-0.15, -0.1) is 0 Å². The molecule has 0 aromatic rings. The highest BCUT2D eigenvalue weighted by molar-refractivity contribution is 5.65. The van der Waals surface area contributed by atoms with E-state index in [0.29, 0.717) is 5.12 Å². The maximum atomic E-state index is 10.2. The van der Waals surface area contributed by atoms with Crippen molar-refractivity contribution in [2.75, 3.05) is 6.61 Å². The van der Waals surface area contributed by atoms with Crippen LogP contribution in [-0.2, 0) is 4.74 Å². The number of hydrogen-bond acceptors (Lipinski definition) is 4. The Bertz CT molecular complexity index is 82.6. The number of ether oxygens (including phenoxy) is 1. The second-order valence-corrected chi connectivity index (χ2v) is 1.11. The first-order valence-corrected chi connectivity index (χ1v) is 2.14. The molecule has 0 bridgehead atoms. The van der Waals surface area contributed by atoms with Crippen LogP contribution < -0.4 is 11.7 Å². The molecule has 8 heavy (non-hydrogen) atoms. The second-order valence-electron chi connectivity index (χ2n) is 1.11. The summed E-state index contributed by atoms with van der Waals surface area (Å²) in [4.78, 5) is 10.2. The Kier molecular flexibility index (Phi) is 2.90. The van der Waals surface area contributed by atoms with Gasteiger partial charge < -0.3 is 4.74 Å². The second kappa shape index (κ2) is 3.23. The molecular formula is C3H9N3O2. The van der Waals surface area contributed by atoms with Crippen LogP contribution in [0, 0.1) is 0 Å². The van der Waals surface area contributed by atoms with Gasteiger partial charge in [0.2, 0.25) is 0 Å². The number of nitrogens with zero attached hydrogens (tertiary/aromatic N) is 1. The molecule has 0 unspecified atom stereocenters. The first-order chi connectivity index (χ1) is 3.68. The zero-order valence-corrected chi connectivity index (χ0v) is 4.63. The number of carbonyl (C=O) groups excluding carboxylic acids is 1. The van der Waals surface area contributed by atoms with E-state index in [2.05, 4.69) is 4.74 Å². The Morgan fingerprint density at radius 2 is 2.25 bits per heavy atom. The van der Waals surface area contributed by atoms with Gasteiger partial charge in [-0.25, -0.2) is 16.5 Å². The van der Waals surface area contributed by atoms with Gasteiger partial charge in [0.25, 0.3) is 0 Å². The fourth-order valence-electron chi connectivity index (χ4n) is 0.198. The summed E-state index contributed by atoms with van der Waals surface area (Å²) >= 11 is 0. The molecule has 0 heterocycles. The van der Waals surface area contributed by atoms with Gasteiger partial charge in [-0.3, -0.25) is 0 Å². The molecule has 1 amide bonds. The number of hydrogen-bond donors (Lipinski definition) is 2. The van der Waals surface area contributed by atoms with Crippen molar-refractivity contribution in [3.8, 4) is 0 Å². The highest BCUT2D eigenvalue weighted by Crippen LogP contribution is 1.77. The number of rotatable bonds is 1. The summed E-state index contributed by atoms with van der Waals surface area (Å²) in [6.45, 7) is 1.95. The van der Waals surface area contributed by atoms with Gasteiger partial charge in [-0.2, -0.15) is 5.12 Å². The standard InChI is InChI=1S/C3H9N3O2/c1-2-8-3(7)6(4)5/h2,4-5H2,1H3. The van der Waals surface area contributed by atoms with Crippen molar-refractivity contribution in [3.05, 3.63) is 0 Å². The fraction of sp³-hybridized carbons (Fsp3) is 0.667. The lowest BCUT2D eigenvalue weighted by Gasteiger charge is -2.06. The summed E-state index contributed by atoms with van der Waals surface area (Å²) in [6, 6.07) is 0. The Morgan fingerprint density at radius 3 is 2.38 bits per heavy atom. The summed E-state index contributed by atoms with van der Waals surface area (Å²) in [5, 5.41) is 0.392. The molecule has 0 aromatic heterocycles. The average Bonchev–Trinajstić information content (AvgIpc) is 1.67. The third-order valence-corrected chi connectivity index (χ3v) is 0.479. The van der Waals surface area contributed by atoms with Gasteiger partial charge in [0.15, 0.2) is 0 Å². The van der Waals surface area contributed by atoms with Crippen LogP contribution >= 0.6 is 0 Å². The van der Waals surface area contributed by atoms with Crippen LogP contribution in [0.1, 0.15) is 6.92 Å². The maximum absolute atomic E-state index is 10.2. The van der Waals surface area contributed by atoms with Gasteiger partial charge in [0, 0.05) is 0 Å². The molecule has 0 radical (unpaired) electrons. The highest BCUT2D eigenvalue weighted by Gasteiger charge is 2.01. The lowest BCUT2D eigenvalue weighted by molar-refractivity contribution is 0.107. The average molecular weight is 119 g/mol. The van der Waals surface area contributed by atoms with Crippen molar-refractivity contribution in [1.82, 2.24) is 5.12 Å². The molecule has 0 saturated carbocycles. The molecule has 0 aliphatic carbocycles. The summed E-state index contributed by atoms with van der Waals surface area (Å²) in [7, 11) is 0. The quantitative estimate of drug-likeness (QED) is 0.269. The molecule has 0 aliphatic heterocycles. The third kappa shape index (κ3) is 2.38. The molecule has 0 atom stereocenters. The van der Waals surface area contributed by atoms with Crippen LogP contribution in [0.5, 0.6) is 0 Å². The van der Waals surface area contributed by atoms with E-state index in [1.807, 2.05) is 0 Å². The van der Waals surface area contributed by atoms with Crippen molar-refractivity contribution in [2.45, 2.75) is 6.92 Å². The number of hydrazine groups is 2. The first kappa shape index (κ1) is 7.19. The van der Waals surface area contributed by atoms with Crippen LogP contribution in [0.15, 0.2) is 0 Å². The summed E-state index contributed by atoms with van der Waals surface area (Å²) in [6.07, 6.45) is -0.729. The van der Waals surface area contributed by atoms with Gasteiger partial charge >= 0.3 is 6.09 Å². The van der Waals surface area contributed by atoms with Gasteiger partial charge in [-0.05, 0) is 6.92 Å².